The Balaban J connectivity index is 2.02. The molecule has 0 atom stereocenters. The van der Waals surface area contributed by atoms with Crippen molar-refractivity contribution in [2.45, 2.75) is 25.8 Å². The summed E-state index contributed by atoms with van der Waals surface area (Å²) in [7, 11) is 0. The summed E-state index contributed by atoms with van der Waals surface area (Å²) in [5.41, 5.74) is 6.96. The number of piperidine rings is 1. The lowest BCUT2D eigenvalue weighted by Gasteiger charge is -2.29. The molecule has 3 nitrogen and oxygen atoms in total. The van der Waals surface area contributed by atoms with Crippen LogP contribution in [-0.4, -0.2) is 24.1 Å². The average Bonchev–Trinajstić information content (AvgIpc) is 2.53. The van der Waals surface area contributed by atoms with E-state index in [1.165, 1.54) is 0 Å². The molecule has 2 N–H and O–H groups in total. The standard InChI is InChI=1S/C9H15N3S/c1-7-6-13-9(11-7)12-4-2-8(10)3-5-12/h6,8H,2-5,10H2,1H3. The average molecular weight is 197 g/mol. The van der Waals surface area contributed by atoms with E-state index in [9.17, 15) is 0 Å². The van der Waals surface area contributed by atoms with Crippen LogP contribution in [0.2, 0.25) is 0 Å². The number of nitrogens with zero attached hydrogens (tertiary/aromatic N) is 2. The van der Waals surface area contributed by atoms with E-state index < -0.39 is 0 Å². The van der Waals surface area contributed by atoms with Crippen molar-refractivity contribution in [1.82, 2.24) is 4.98 Å². The minimum atomic E-state index is 0.400. The van der Waals surface area contributed by atoms with Crippen LogP contribution in [0.4, 0.5) is 5.13 Å². The van der Waals surface area contributed by atoms with E-state index in [4.69, 9.17) is 5.73 Å². The van der Waals surface area contributed by atoms with Gasteiger partial charge in [0.15, 0.2) is 5.13 Å². The number of thiazole rings is 1. The fraction of sp³-hybridized carbons (Fsp3) is 0.667. The monoisotopic (exact) mass is 197 g/mol. The summed E-state index contributed by atoms with van der Waals surface area (Å²) >= 11 is 1.73. The van der Waals surface area contributed by atoms with E-state index in [0.717, 1.165) is 36.8 Å². The zero-order valence-corrected chi connectivity index (χ0v) is 8.68. The highest BCUT2D eigenvalue weighted by molar-refractivity contribution is 7.13. The molecule has 1 aromatic heterocycles. The summed E-state index contributed by atoms with van der Waals surface area (Å²) in [6, 6.07) is 0.400. The molecule has 0 bridgehead atoms. The molecule has 0 radical (unpaired) electrons. The van der Waals surface area contributed by atoms with E-state index >= 15 is 0 Å². The van der Waals surface area contributed by atoms with Crippen molar-refractivity contribution in [1.29, 1.82) is 0 Å². The summed E-state index contributed by atoms with van der Waals surface area (Å²) in [5, 5.41) is 3.26. The maximum atomic E-state index is 5.84. The Labute approximate surface area is 82.6 Å². The van der Waals surface area contributed by atoms with Crippen LogP contribution in [0.3, 0.4) is 0 Å². The third kappa shape index (κ3) is 2.00. The highest BCUT2D eigenvalue weighted by atomic mass is 32.1. The molecule has 1 aliphatic rings. The van der Waals surface area contributed by atoms with Crippen LogP contribution in [0.5, 0.6) is 0 Å². The molecular weight excluding hydrogens is 182 g/mol. The quantitative estimate of drug-likeness (QED) is 0.739. The molecule has 13 heavy (non-hydrogen) atoms. The van der Waals surface area contributed by atoms with E-state index in [1.807, 2.05) is 6.92 Å². The van der Waals surface area contributed by atoms with E-state index in [0.29, 0.717) is 6.04 Å². The van der Waals surface area contributed by atoms with Crippen LogP contribution in [0.25, 0.3) is 0 Å². The first-order valence-corrected chi connectivity index (χ1v) is 5.56. The second-order valence-corrected chi connectivity index (χ2v) is 4.43. The Hall–Kier alpha value is -0.610. The molecule has 0 aliphatic carbocycles. The molecule has 1 aromatic rings. The number of aryl methyl sites for hydroxylation is 1. The zero-order valence-electron chi connectivity index (χ0n) is 7.86. The number of hydrogen-bond acceptors (Lipinski definition) is 4. The van der Waals surface area contributed by atoms with Crippen LogP contribution in [0, 0.1) is 6.92 Å². The minimum absolute atomic E-state index is 0.400. The van der Waals surface area contributed by atoms with Crippen molar-refractivity contribution >= 4 is 16.5 Å². The Morgan fingerprint density at radius 2 is 2.23 bits per heavy atom. The third-order valence-electron chi connectivity index (χ3n) is 2.42. The second-order valence-electron chi connectivity index (χ2n) is 3.60. The lowest BCUT2D eigenvalue weighted by Crippen LogP contribution is -2.39. The smallest absolute Gasteiger partial charge is 0.185 e. The molecule has 72 valence electrons. The first-order valence-electron chi connectivity index (χ1n) is 4.68. The topological polar surface area (TPSA) is 42.1 Å². The molecule has 1 fully saturated rings. The van der Waals surface area contributed by atoms with Gasteiger partial charge in [0.1, 0.15) is 0 Å². The summed E-state index contributed by atoms with van der Waals surface area (Å²) in [4.78, 5) is 6.80. The maximum Gasteiger partial charge on any atom is 0.185 e. The highest BCUT2D eigenvalue weighted by Crippen LogP contribution is 2.23. The van der Waals surface area contributed by atoms with Gasteiger partial charge in [-0.05, 0) is 19.8 Å². The number of nitrogens with two attached hydrogens (primary N) is 1. The Kier molecular flexibility index (Phi) is 2.51. The van der Waals surface area contributed by atoms with Crippen molar-refractivity contribution in [3.63, 3.8) is 0 Å². The van der Waals surface area contributed by atoms with Gasteiger partial charge in [0.2, 0.25) is 0 Å². The van der Waals surface area contributed by atoms with Crippen LogP contribution >= 0.6 is 11.3 Å². The molecular formula is C9H15N3S. The van der Waals surface area contributed by atoms with Gasteiger partial charge in [0.05, 0.1) is 5.69 Å². The van der Waals surface area contributed by atoms with Crippen molar-refractivity contribution < 1.29 is 0 Å². The molecule has 0 unspecified atom stereocenters. The predicted octanol–water partition coefficient (Wildman–Crippen LogP) is 1.38. The molecule has 2 heterocycles. The van der Waals surface area contributed by atoms with Crippen molar-refractivity contribution in [3.8, 4) is 0 Å². The number of aromatic nitrogens is 1. The largest absolute Gasteiger partial charge is 0.348 e. The van der Waals surface area contributed by atoms with Crippen molar-refractivity contribution in [2.75, 3.05) is 18.0 Å². The van der Waals surface area contributed by atoms with Gasteiger partial charge in [-0.15, -0.1) is 11.3 Å². The van der Waals surface area contributed by atoms with Gasteiger partial charge in [0.25, 0.3) is 0 Å². The van der Waals surface area contributed by atoms with Crippen LogP contribution in [0.1, 0.15) is 18.5 Å². The summed E-state index contributed by atoms with van der Waals surface area (Å²) in [5.74, 6) is 0. The fourth-order valence-electron chi connectivity index (χ4n) is 1.58. The fourth-order valence-corrected chi connectivity index (χ4v) is 2.43. The highest BCUT2D eigenvalue weighted by Gasteiger charge is 2.17. The number of anilines is 1. The molecule has 1 saturated heterocycles. The van der Waals surface area contributed by atoms with Crippen LogP contribution < -0.4 is 10.6 Å². The van der Waals surface area contributed by atoms with Gasteiger partial charge in [-0.2, -0.15) is 0 Å². The Morgan fingerprint density at radius 1 is 1.54 bits per heavy atom. The molecule has 0 spiro atoms. The van der Waals surface area contributed by atoms with Gasteiger partial charge in [-0.25, -0.2) is 4.98 Å². The summed E-state index contributed by atoms with van der Waals surface area (Å²) < 4.78 is 0. The first-order chi connectivity index (χ1) is 6.25. The third-order valence-corrected chi connectivity index (χ3v) is 3.44. The zero-order chi connectivity index (χ0) is 9.26. The van der Waals surface area contributed by atoms with E-state index in [2.05, 4.69) is 15.3 Å². The molecule has 0 saturated carbocycles. The van der Waals surface area contributed by atoms with Crippen molar-refractivity contribution in [2.24, 2.45) is 5.73 Å². The summed E-state index contributed by atoms with van der Waals surface area (Å²) in [6.07, 6.45) is 2.19. The van der Waals surface area contributed by atoms with Crippen LogP contribution in [0.15, 0.2) is 5.38 Å². The van der Waals surface area contributed by atoms with Gasteiger partial charge < -0.3 is 10.6 Å². The second kappa shape index (κ2) is 3.64. The van der Waals surface area contributed by atoms with Gasteiger partial charge in [-0.1, -0.05) is 0 Å². The normalized spacial score (nSPS) is 19.4. The predicted molar refractivity (Wildman–Crippen MR) is 56.3 cm³/mol. The van der Waals surface area contributed by atoms with Crippen molar-refractivity contribution in [3.05, 3.63) is 11.1 Å². The SMILES string of the molecule is Cc1csc(N2CCC(N)CC2)n1. The molecule has 4 heteroatoms. The van der Waals surface area contributed by atoms with Crippen LogP contribution in [-0.2, 0) is 0 Å². The lowest BCUT2D eigenvalue weighted by atomic mass is 10.1. The minimum Gasteiger partial charge on any atom is -0.348 e. The van der Waals surface area contributed by atoms with E-state index in [1.54, 1.807) is 11.3 Å². The molecule has 2 rings (SSSR count). The van der Waals surface area contributed by atoms with E-state index in [-0.39, 0.29) is 0 Å². The van der Waals surface area contributed by atoms with Gasteiger partial charge >= 0.3 is 0 Å². The number of rotatable bonds is 1. The molecule has 0 amide bonds. The lowest BCUT2D eigenvalue weighted by molar-refractivity contribution is 0.500. The van der Waals surface area contributed by atoms with Gasteiger partial charge in [-0.3, -0.25) is 0 Å². The first kappa shape index (κ1) is 8.97. The molecule has 1 aliphatic heterocycles. The Morgan fingerprint density at radius 3 is 2.77 bits per heavy atom. The Bertz CT molecular complexity index is 276. The summed E-state index contributed by atoms with van der Waals surface area (Å²) in [6.45, 7) is 4.16. The molecule has 0 aromatic carbocycles. The van der Waals surface area contributed by atoms with Gasteiger partial charge in [0, 0.05) is 24.5 Å². The number of hydrogen-bond donors (Lipinski definition) is 1. The maximum absolute atomic E-state index is 5.84.